The monoisotopic (exact) mass is 315 g/mol. The lowest BCUT2D eigenvalue weighted by molar-refractivity contribution is -0.133. The third-order valence-corrected chi connectivity index (χ3v) is 4.07. The van der Waals surface area contributed by atoms with Crippen LogP contribution in [0.15, 0.2) is 24.3 Å². The highest BCUT2D eigenvalue weighted by Crippen LogP contribution is 2.24. The second-order valence-electron chi connectivity index (χ2n) is 5.55. The van der Waals surface area contributed by atoms with E-state index >= 15 is 0 Å². The minimum absolute atomic E-state index is 0.123. The fourth-order valence-corrected chi connectivity index (χ4v) is 2.74. The van der Waals surface area contributed by atoms with Gasteiger partial charge in [0.2, 0.25) is 5.91 Å². The lowest BCUT2D eigenvalue weighted by atomic mass is 10.1. The van der Waals surface area contributed by atoms with E-state index in [-0.39, 0.29) is 5.91 Å². The van der Waals surface area contributed by atoms with Gasteiger partial charge in [-0.05, 0) is 24.3 Å². The van der Waals surface area contributed by atoms with E-state index in [1.54, 1.807) is 14.2 Å². The minimum Gasteiger partial charge on any atom is -0.497 e. The topological polar surface area (TPSA) is 67.4 Å². The number of rotatable bonds is 5. The summed E-state index contributed by atoms with van der Waals surface area (Å²) < 4.78 is 10.1. The smallest absolute Gasteiger partial charge is 0.225 e. The Bertz CT molecular complexity index is 679. The molecule has 0 aliphatic carbocycles. The van der Waals surface area contributed by atoms with Crippen LogP contribution in [0, 0.1) is 0 Å². The van der Waals surface area contributed by atoms with Gasteiger partial charge < -0.3 is 19.4 Å². The highest BCUT2D eigenvalue weighted by molar-refractivity contribution is 5.76. The molecular formula is C17H21N3O3. The molecule has 0 spiro atoms. The maximum absolute atomic E-state index is 12.1. The summed E-state index contributed by atoms with van der Waals surface area (Å²) in [6.45, 7) is 1.76. The first-order valence-electron chi connectivity index (χ1n) is 7.70. The first kappa shape index (κ1) is 15.6. The first-order valence-corrected chi connectivity index (χ1v) is 7.70. The molecule has 3 rings (SSSR count). The lowest BCUT2D eigenvalue weighted by Crippen LogP contribution is -2.36. The second-order valence-corrected chi connectivity index (χ2v) is 5.55. The van der Waals surface area contributed by atoms with Gasteiger partial charge in [0.25, 0.3) is 0 Å². The van der Waals surface area contributed by atoms with Crippen molar-refractivity contribution in [2.24, 2.45) is 0 Å². The summed E-state index contributed by atoms with van der Waals surface area (Å²) in [4.78, 5) is 22.0. The number of aromatic nitrogens is 2. The summed E-state index contributed by atoms with van der Waals surface area (Å²) in [6.07, 6.45) is 1.20. The molecule has 0 radical (unpaired) electrons. The average molecular weight is 315 g/mol. The largest absolute Gasteiger partial charge is 0.497 e. The molecule has 2 aromatic rings. The predicted octanol–water partition coefficient (Wildman–Crippen LogP) is 2.01. The zero-order valence-electron chi connectivity index (χ0n) is 13.5. The van der Waals surface area contributed by atoms with Crippen molar-refractivity contribution in [1.29, 1.82) is 0 Å². The van der Waals surface area contributed by atoms with E-state index in [0.717, 1.165) is 34.9 Å². The lowest BCUT2D eigenvalue weighted by Gasteiger charge is -2.26. The zero-order chi connectivity index (χ0) is 16.2. The van der Waals surface area contributed by atoms with Crippen LogP contribution in [-0.4, -0.2) is 48.1 Å². The number of ether oxygens (including phenoxy) is 2. The molecule has 122 valence electrons. The summed E-state index contributed by atoms with van der Waals surface area (Å²) in [7, 11) is 3.26. The molecule has 2 heterocycles. The van der Waals surface area contributed by atoms with Gasteiger partial charge in [0.15, 0.2) is 0 Å². The van der Waals surface area contributed by atoms with Gasteiger partial charge >= 0.3 is 0 Å². The Kier molecular flexibility index (Phi) is 4.62. The number of carbonyl (C=O) groups is 1. The van der Waals surface area contributed by atoms with Crippen LogP contribution in [0.3, 0.4) is 0 Å². The molecule has 1 aromatic carbocycles. The number of H-pyrrole nitrogens is 1. The van der Waals surface area contributed by atoms with Crippen molar-refractivity contribution in [2.75, 3.05) is 27.4 Å². The molecule has 1 amide bonds. The molecular weight excluding hydrogens is 294 g/mol. The fraction of sp³-hybridized carbons (Fsp3) is 0.412. The Hall–Kier alpha value is -2.34. The predicted molar refractivity (Wildman–Crippen MR) is 86.2 cm³/mol. The quantitative estimate of drug-likeness (QED) is 0.916. The zero-order valence-corrected chi connectivity index (χ0v) is 13.5. The van der Waals surface area contributed by atoms with Crippen molar-refractivity contribution >= 4 is 5.91 Å². The van der Waals surface area contributed by atoms with Crippen molar-refractivity contribution in [3.63, 3.8) is 0 Å². The molecule has 6 nitrogen and oxygen atoms in total. The summed E-state index contributed by atoms with van der Waals surface area (Å²) in [5.41, 5.74) is 3.08. The number of hydrogen-bond acceptors (Lipinski definition) is 4. The number of carbonyl (C=O) groups excluding carboxylic acids is 1. The van der Waals surface area contributed by atoms with Gasteiger partial charge in [-0.15, -0.1) is 0 Å². The van der Waals surface area contributed by atoms with E-state index in [4.69, 9.17) is 9.47 Å². The molecule has 0 bridgehead atoms. The number of hydrogen-bond donors (Lipinski definition) is 1. The van der Waals surface area contributed by atoms with Gasteiger partial charge in [-0.2, -0.15) is 0 Å². The van der Waals surface area contributed by atoms with Crippen molar-refractivity contribution in [1.82, 2.24) is 14.9 Å². The summed E-state index contributed by atoms with van der Waals surface area (Å²) in [5.74, 6) is 1.78. The van der Waals surface area contributed by atoms with Crippen molar-refractivity contribution in [3.05, 3.63) is 35.7 Å². The molecule has 1 aliphatic rings. The van der Waals surface area contributed by atoms with E-state index in [0.29, 0.717) is 26.1 Å². The van der Waals surface area contributed by atoms with Gasteiger partial charge in [0.05, 0.1) is 38.1 Å². The number of benzene rings is 1. The van der Waals surface area contributed by atoms with Gasteiger partial charge in [-0.3, -0.25) is 4.79 Å². The maximum atomic E-state index is 12.1. The molecule has 1 aromatic heterocycles. The molecule has 1 aliphatic heterocycles. The third kappa shape index (κ3) is 3.37. The van der Waals surface area contributed by atoms with E-state index < -0.39 is 0 Å². The minimum atomic E-state index is 0.123. The van der Waals surface area contributed by atoms with Crippen LogP contribution < -0.4 is 4.74 Å². The van der Waals surface area contributed by atoms with E-state index in [1.165, 1.54) is 0 Å². The molecule has 0 unspecified atom stereocenters. The van der Waals surface area contributed by atoms with Crippen LogP contribution in [0.25, 0.3) is 11.4 Å². The van der Waals surface area contributed by atoms with Crippen LogP contribution in [0.4, 0.5) is 0 Å². The number of aromatic amines is 1. The van der Waals surface area contributed by atoms with Gasteiger partial charge in [-0.25, -0.2) is 4.98 Å². The Morgan fingerprint density at radius 2 is 2.09 bits per heavy atom. The highest BCUT2D eigenvalue weighted by Gasteiger charge is 2.23. The van der Waals surface area contributed by atoms with E-state index in [2.05, 4.69) is 9.97 Å². The van der Waals surface area contributed by atoms with Crippen molar-refractivity contribution in [2.45, 2.75) is 19.4 Å². The average Bonchev–Trinajstić information content (AvgIpc) is 3.02. The van der Waals surface area contributed by atoms with Crippen LogP contribution >= 0.6 is 0 Å². The van der Waals surface area contributed by atoms with Crippen LogP contribution in [0.1, 0.15) is 17.8 Å². The van der Waals surface area contributed by atoms with Crippen LogP contribution in [0.2, 0.25) is 0 Å². The molecule has 23 heavy (non-hydrogen) atoms. The van der Waals surface area contributed by atoms with Gasteiger partial charge in [-0.1, -0.05) is 0 Å². The Morgan fingerprint density at radius 1 is 1.30 bits per heavy atom. The number of nitrogens with zero attached hydrogens (tertiary/aromatic N) is 2. The van der Waals surface area contributed by atoms with E-state index in [9.17, 15) is 4.79 Å². The summed E-state index contributed by atoms with van der Waals surface area (Å²) >= 11 is 0. The summed E-state index contributed by atoms with van der Waals surface area (Å²) in [6, 6.07) is 7.78. The Labute approximate surface area is 135 Å². The molecule has 0 saturated carbocycles. The van der Waals surface area contributed by atoms with Crippen molar-refractivity contribution < 1.29 is 14.3 Å². The fourth-order valence-electron chi connectivity index (χ4n) is 2.74. The van der Waals surface area contributed by atoms with E-state index in [1.807, 2.05) is 29.2 Å². The second kappa shape index (κ2) is 6.83. The standard InChI is InChI=1S/C17H21N3O3/c1-22-10-8-16(21)20-9-7-14-15(11-20)19-17(18-14)12-3-5-13(23-2)6-4-12/h3-6H,7-11H2,1-2H3,(H,18,19). The summed E-state index contributed by atoms with van der Waals surface area (Å²) in [5, 5.41) is 0. The van der Waals surface area contributed by atoms with Gasteiger partial charge in [0, 0.05) is 25.6 Å². The number of amides is 1. The maximum Gasteiger partial charge on any atom is 0.225 e. The number of fused-ring (bicyclic) bond motifs is 1. The SMILES string of the molecule is COCCC(=O)N1CCc2nc(-c3ccc(OC)cc3)[nH]c2C1. The highest BCUT2D eigenvalue weighted by atomic mass is 16.5. The molecule has 1 N–H and O–H groups in total. The van der Waals surface area contributed by atoms with Crippen LogP contribution in [0.5, 0.6) is 5.75 Å². The molecule has 0 saturated heterocycles. The van der Waals surface area contributed by atoms with Gasteiger partial charge in [0.1, 0.15) is 11.6 Å². The third-order valence-electron chi connectivity index (χ3n) is 4.07. The Morgan fingerprint density at radius 3 is 2.78 bits per heavy atom. The molecule has 0 atom stereocenters. The number of imidazole rings is 1. The normalized spacial score (nSPS) is 13.7. The molecule has 6 heteroatoms. The number of methoxy groups -OCH3 is 2. The first-order chi connectivity index (χ1) is 11.2. The Balaban J connectivity index is 1.74. The molecule has 0 fully saturated rings. The van der Waals surface area contributed by atoms with Crippen LogP contribution in [-0.2, 0) is 22.5 Å². The van der Waals surface area contributed by atoms with Crippen molar-refractivity contribution in [3.8, 4) is 17.1 Å². The number of nitrogens with one attached hydrogen (secondary N) is 1.